The van der Waals surface area contributed by atoms with Crippen molar-refractivity contribution in [2.45, 2.75) is 0 Å². The Hall–Kier alpha value is -4.64. The average molecular weight is 484 g/mol. The maximum Gasteiger partial charge on any atom is 0.159 e. The maximum atomic E-state index is 14.5. The fourth-order valence-electron chi connectivity index (χ4n) is 4.04. The highest BCUT2D eigenvalue weighted by Gasteiger charge is 2.18. The zero-order chi connectivity index (χ0) is 24.6. The van der Waals surface area contributed by atoms with Crippen molar-refractivity contribution < 1.29 is 9.13 Å². The van der Waals surface area contributed by atoms with Gasteiger partial charge in [0.15, 0.2) is 11.5 Å². The first-order valence-corrected chi connectivity index (χ1v) is 11.3. The summed E-state index contributed by atoms with van der Waals surface area (Å²) in [7, 11) is 3.91. The first kappa shape index (κ1) is 21.9. The number of hydrogen-bond donors (Lipinski definition) is 3. The zero-order valence-electron chi connectivity index (χ0n) is 19.6. The van der Waals surface area contributed by atoms with E-state index in [1.165, 1.54) is 12.1 Å². The molecule has 0 aliphatic rings. The van der Waals surface area contributed by atoms with Crippen LogP contribution in [0.5, 0.6) is 5.75 Å². The van der Waals surface area contributed by atoms with Crippen LogP contribution in [0.2, 0.25) is 0 Å². The van der Waals surface area contributed by atoms with Gasteiger partial charge in [-0.3, -0.25) is 15.2 Å². The van der Waals surface area contributed by atoms with E-state index < -0.39 is 5.82 Å². The van der Waals surface area contributed by atoms with Gasteiger partial charge >= 0.3 is 0 Å². The van der Waals surface area contributed by atoms with Crippen LogP contribution in [0.1, 0.15) is 0 Å². The molecule has 0 bridgehead atoms. The van der Waals surface area contributed by atoms with Crippen LogP contribution in [0.4, 0.5) is 4.39 Å². The number of fused-ring (bicyclic) bond motifs is 2. The number of pyridine rings is 2. The summed E-state index contributed by atoms with van der Waals surface area (Å²) in [5.41, 5.74) is 5.56. The van der Waals surface area contributed by atoms with Crippen molar-refractivity contribution in [1.29, 1.82) is 0 Å². The van der Waals surface area contributed by atoms with Gasteiger partial charge < -0.3 is 14.6 Å². The van der Waals surface area contributed by atoms with Crippen LogP contribution in [0, 0.1) is 5.82 Å². The molecule has 11 heteroatoms. The van der Waals surface area contributed by atoms with Gasteiger partial charge in [-0.25, -0.2) is 14.4 Å². The van der Waals surface area contributed by atoms with Crippen molar-refractivity contribution in [3.8, 4) is 39.7 Å². The van der Waals surface area contributed by atoms with Crippen molar-refractivity contribution >= 4 is 22.1 Å². The minimum atomic E-state index is -0.405. The fraction of sp³-hybridized carbons (Fsp3) is 0.160. The van der Waals surface area contributed by atoms with E-state index in [0.717, 1.165) is 28.6 Å². The molecule has 5 heterocycles. The largest absolute Gasteiger partial charge is 0.492 e. The molecule has 6 rings (SSSR count). The number of likely N-dealkylation sites (N-methyl/N-ethyl adjacent to an activating group) is 1. The number of H-pyrrole nitrogens is 3. The molecule has 0 aliphatic carbocycles. The van der Waals surface area contributed by atoms with Crippen LogP contribution < -0.4 is 4.74 Å². The van der Waals surface area contributed by atoms with Gasteiger partial charge in [0.05, 0.1) is 22.8 Å². The highest BCUT2D eigenvalue weighted by molar-refractivity contribution is 5.96. The third kappa shape index (κ3) is 4.05. The average Bonchev–Trinajstić information content (AvgIpc) is 3.62. The van der Waals surface area contributed by atoms with Crippen molar-refractivity contribution in [3.63, 3.8) is 0 Å². The monoisotopic (exact) mass is 483 g/mol. The smallest absolute Gasteiger partial charge is 0.159 e. The van der Waals surface area contributed by atoms with Crippen molar-refractivity contribution in [2.24, 2.45) is 0 Å². The minimum absolute atomic E-state index is 0.405. The van der Waals surface area contributed by atoms with Gasteiger partial charge in [0, 0.05) is 47.9 Å². The summed E-state index contributed by atoms with van der Waals surface area (Å²) < 4.78 is 20.2. The van der Waals surface area contributed by atoms with Crippen molar-refractivity contribution in [2.75, 3.05) is 27.2 Å². The summed E-state index contributed by atoms with van der Waals surface area (Å²) in [5.74, 6) is 0.589. The summed E-state index contributed by atoms with van der Waals surface area (Å²) in [6.45, 7) is 1.17. The van der Waals surface area contributed by atoms with Gasteiger partial charge in [0.2, 0.25) is 0 Å². The van der Waals surface area contributed by atoms with E-state index in [9.17, 15) is 4.39 Å². The molecule has 0 spiro atoms. The Balaban J connectivity index is 1.41. The molecular formula is C25H22FN9O. The predicted octanol–water partition coefficient (Wildman–Crippen LogP) is 4.03. The lowest BCUT2D eigenvalue weighted by atomic mass is 10.1. The van der Waals surface area contributed by atoms with E-state index in [0.29, 0.717) is 46.3 Å². The predicted molar refractivity (Wildman–Crippen MR) is 134 cm³/mol. The molecule has 5 aromatic heterocycles. The third-order valence-corrected chi connectivity index (χ3v) is 5.83. The number of nitrogens with one attached hydrogen (secondary N) is 3. The van der Waals surface area contributed by atoms with Crippen LogP contribution in [-0.4, -0.2) is 72.5 Å². The molecule has 10 nitrogen and oxygen atoms in total. The Morgan fingerprint density at radius 3 is 2.75 bits per heavy atom. The Morgan fingerprint density at radius 2 is 1.92 bits per heavy atom. The summed E-state index contributed by atoms with van der Waals surface area (Å²) in [5, 5.41) is 15.1. The van der Waals surface area contributed by atoms with Crippen molar-refractivity contribution in [3.05, 3.63) is 60.9 Å². The van der Waals surface area contributed by atoms with Gasteiger partial charge in [0.25, 0.3) is 0 Å². The number of ether oxygens (including phenoxy) is 1. The second kappa shape index (κ2) is 8.86. The van der Waals surface area contributed by atoms with Gasteiger partial charge in [-0.15, -0.1) is 0 Å². The molecule has 0 aliphatic heterocycles. The van der Waals surface area contributed by atoms with Crippen LogP contribution in [0.25, 0.3) is 56.0 Å². The maximum absolute atomic E-state index is 14.5. The minimum Gasteiger partial charge on any atom is -0.492 e. The topological polar surface area (TPSA) is 124 Å². The van der Waals surface area contributed by atoms with Gasteiger partial charge in [-0.1, -0.05) is 0 Å². The van der Waals surface area contributed by atoms with Gasteiger partial charge in [-0.05, 0) is 38.4 Å². The Bertz CT molecular complexity index is 1670. The highest BCUT2D eigenvalue weighted by Crippen LogP contribution is 2.32. The Labute approximate surface area is 204 Å². The van der Waals surface area contributed by atoms with E-state index in [1.807, 2.05) is 31.1 Å². The first-order valence-electron chi connectivity index (χ1n) is 11.3. The molecule has 0 saturated carbocycles. The molecule has 0 amide bonds. The lowest BCUT2D eigenvalue weighted by Crippen LogP contribution is -2.19. The van der Waals surface area contributed by atoms with Gasteiger partial charge in [0.1, 0.15) is 29.4 Å². The van der Waals surface area contributed by atoms with E-state index >= 15 is 0 Å². The number of imidazole rings is 1. The van der Waals surface area contributed by atoms with Crippen LogP contribution in [0.3, 0.4) is 0 Å². The zero-order valence-corrected chi connectivity index (χ0v) is 19.6. The standard InChI is InChI=1S/C25H22FN9O/c1-35(2)5-6-36-18-8-14(7-17(26)10-18)21-23-20(3-4-27-21)31-25(32-23)22-19-9-15(16-12-29-30-13-16)11-28-24(19)34-33-22/h3-4,7-13H,5-6H2,1-2H3,(H,29,30)(H,31,32)(H,28,33,34). The van der Waals surface area contributed by atoms with E-state index in [4.69, 9.17) is 9.72 Å². The SMILES string of the molecule is CN(C)CCOc1cc(F)cc(-c2nccc3[nH]c(-c4n[nH]c5ncc(-c6cn[nH]c6)cc45)nc23)c1. The Kier molecular flexibility index (Phi) is 5.38. The first-order chi connectivity index (χ1) is 17.5. The van der Waals surface area contributed by atoms with Crippen LogP contribution in [0.15, 0.2) is 55.1 Å². The normalized spacial score (nSPS) is 11.7. The molecule has 0 atom stereocenters. The number of aromatic amines is 3. The highest BCUT2D eigenvalue weighted by atomic mass is 19.1. The number of rotatable bonds is 7. The number of halogens is 1. The van der Waals surface area contributed by atoms with E-state index in [1.54, 1.807) is 30.9 Å². The van der Waals surface area contributed by atoms with Crippen LogP contribution in [-0.2, 0) is 0 Å². The number of nitrogens with zero attached hydrogens (tertiary/aromatic N) is 6. The molecule has 36 heavy (non-hydrogen) atoms. The lowest BCUT2D eigenvalue weighted by molar-refractivity contribution is 0.260. The summed E-state index contributed by atoms with van der Waals surface area (Å²) in [6, 6.07) is 8.39. The third-order valence-electron chi connectivity index (χ3n) is 5.83. The molecule has 1 aromatic carbocycles. The second-order valence-electron chi connectivity index (χ2n) is 8.65. The molecule has 0 saturated heterocycles. The summed E-state index contributed by atoms with van der Waals surface area (Å²) in [4.78, 5) is 19.1. The number of benzene rings is 1. The second-order valence-corrected chi connectivity index (χ2v) is 8.65. The Morgan fingerprint density at radius 1 is 1.00 bits per heavy atom. The molecule has 6 aromatic rings. The van der Waals surface area contributed by atoms with Crippen molar-refractivity contribution in [1.82, 2.24) is 45.2 Å². The molecule has 0 unspecified atom stereocenters. The van der Waals surface area contributed by atoms with Crippen LogP contribution >= 0.6 is 0 Å². The summed E-state index contributed by atoms with van der Waals surface area (Å²) in [6.07, 6.45) is 6.97. The molecule has 0 fully saturated rings. The summed E-state index contributed by atoms with van der Waals surface area (Å²) >= 11 is 0. The van der Waals surface area contributed by atoms with E-state index in [2.05, 4.69) is 35.3 Å². The van der Waals surface area contributed by atoms with Gasteiger partial charge in [-0.2, -0.15) is 10.2 Å². The molecule has 0 radical (unpaired) electrons. The number of aromatic nitrogens is 8. The van der Waals surface area contributed by atoms with E-state index in [-0.39, 0.29) is 0 Å². The lowest BCUT2D eigenvalue weighted by Gasteiger charge is -2.12. The fourth-order valence-corrected chi connectivity index (χ4v) is 4.04. The molecule has 3 N–H and O–H groups in total. The molecular weight excluding hydrogens is 461 g/mol. The molecule has 180 valence electrons. The quantitative estimate of drug-likeness (QED) is 0.313. The number of hydrogen-bond acceptors (Lipinski definition) is 7.